The van der Waals surface area contributed by atoms with Crippen molar-refractivity contribution in [2.24, 2.45) is 50.7 Å². The van der Waals surface area contributed by atoms with E-state index in [1.807, 2.05) is 6.07 Å². The number of nitrogens with one attached hydrogen (secondary N) is 2. The molecule has 51 heavy (non-hydrogen) atoms. The Hall–Kier alpha value is -2.94. The fraction of sp³-hybridized carbons (Fsp3) is 0.732. The number of aromatic nitrogens is 1. The number of carboxylic acid groups (broad SMARTS) is 1. The summed E-state index contributed by atoms with van der Waals surface area (Å²) in [6.07, 6.45) is 10.7. The molecule has 3 N–H and O–H groups in total. The molecule has 9 nitrogen and oxygen atoms in total. The molecule has 2 amide bonds. The van der Waals surface area contributed by atoms with Gasteiger partial charge in [-0.3, -0.25) is 19.4 Å². The minimum absolute atomic E-state index is 0. The van der Waals surface area contributed by atoms with E-state index in [0.29, 0.717) is 23.9 Å². The van der Waals surface area contributed by atoms with Gasteiger partial charge in [-0.1, -0.05) is 48.5 Å². The Kier molecular flexibility index (Phi) is 10.1. The smallest absolute Gasteiger partial charge is 0.319 e. The van der Waals surface area contributed by atoms with Crippen molar-refractivity contribution in [3.63, 3.8) is 0 Å². The number of hydrogen-bond donors (Lipinski definition) is 3. The van der Waals surface area contributed by atoms with Gasteiger partial charge in [0.1, 0.15) is 6.10 Å². The average Bonchev–Trinajstić information content (AvgIpc) is 3.30. The van der Waals surface area contributed by atoms with Crippen molar-refractivity contribution < 1.29 is 29.0 Å². The van der Waals surface area contributed by atoms with Gasteiger partial charge < -0.3 is 20.5 Å². The Morgan fingerprint density at radius 1 is 0.980 bits per heavy atom. The van der Waals surface area contributed by atoms with E-state index in [1.54, 1.807) is 32.3 Å². The topological polar surface area (TPSA) is 135 Å². The molecular formula is C41H60ClN3O6. The number of pyridine rings is 1. The largest absolute Gasteiger partial charge is 0.481 e. The number of rotatable bonds is 7. The fourth-order valence-electron chi connectivity index (χ4n) is 12.4. The molecule has 0 spiro atoms. The number of aliphatic carboxylic acids is 1. The lowest BCUT2D eigenvalue weighted by molar-refractivity contribution is -0.232. The fourth-order valence-corrected chi connectivity index (χ4v) is 12.4. The molecule has 0 saturated heterocycles. The van der Waals surface area contributed by atoms with Crippen LogP contribution in [0.5, 0.6) is 0 Å². The molecule has 0 aromatic carbocycles. The van der Waals surface area contributed by atoms with Crippen molar-refractivity contribution in [1.82, 2.24) is 10.3 Å². The number of carboxylic acids is 1. The highest BCUT2D eigenvalue weighted by molar-refractivity contribution is 6.03. The predicted octanol–water partition coefficient (Wildman–Crippen LogP) is 8.77. The SMILES string of the molecule is CC(C)C1=C2[C@H]3CC[C@@H]4[C@@]5(C)CC[C@H](OC(=O)CC(C)(C)C(=O)O)C(C)(C)[C@@H]5CC[C@@]4(C)[C@]3(C)CC[C@@]2(NC(=O)Nc2cccnc2)CC1=O.Cl. The summed E-state index contributed by atoms with van der Waals surface area (Å²) < 4.78 is 6.14. The number of ether oxygens (including phenoxy) is 1. The first-order valence-electron chi connectivity index (χ1n) is 18.9. The van der Waals surface area contributed by atoms with Crippen molar-refractivity contribution >= 4 is 41.8 Å². The number of allylic oxidation sites excluding steroid dienone is 1. The summed E-state index contributed by atoms with van der Waals surface area (Å²) in [5.74, 6) is -0.168. The van der Waals surface area contributed by atoms with Crippen LogP contribution in [0, 0.1) is 50.7 Å². The maximum atomic E-state index is 13.9. The number of carbonyl (C=O) groups excluding carboxylic acids is 3. The standard InChI is InChI=1S/C41H59N3O6.ClH/c1-24(2)32-27(45)21-41(44-35(49)43-25-11-10-20-42-23-25)19-18-39(8)26(33(32)41)12-13-29-38(7)16-15-30(50-31(46)22-36(3,4)34(47)48)37(5,6)28(38)14-17-40(29,39)9;/h10-11,20,23-24,26,28-30H,12-19,21-22H2,1-9H3,(H,47,48)(H2,43,44,49);1H/t26-,28+,29-,30+,38+,39-,40-,41-;/m1./s1. The lowest BCUT2D eigenvalue weighted by Crippen LogP contribution is -2.67. The van der Waals surface area contributed by atoms with Crippen molar-refractivity contribution in [1.29, 1.82) is 0 Å². The first-order chi connectivity index (χ1) is 23.2. The van der Waals surface area contributed by atoms with Crippen molar-refractivity contribution in [3.05, 3.63) is 35.7 Å². The number of esters is 1. The monoisotopic (exact) mass is 725 g/mol. The maximum Gasteiger partial charge on any atom is 0.319 e. The zero-order chi connectivity index (χ0) is 36.7. The summed E-state index contributed by atoms with van der Waals surface area (Å²) in [6, 6.07) is 3.31. The van der Waals surface area contributed by atoms with Gasteiger partial charge in [-0.25, -0.2) is 4.79 Å². The van der Waals surface area contributed by atoms with Crippen LogP contribution < -0.4 is 10.6 Å². The number of fused-ring (bicyclic) bond motifs is 7. The third-order valence-corrected chi connectivity index (χ3v) is 15.1. The number of Topliss-reactive ketones (excluding diaryl/α,β-unsaturated/α-hetero) is 1. The van der Waals surface area contributed by atoms with Gasteiger partial charge in [0, 0.05) is 18.0 Å². The Balaban J connectivity index is 0.00000504. The van der Waals surface area contributed by atoms with E-state index in [0.717, 1.165) is 56.9 Å². The van der Waals surface area contributed by atoms with E-state index >= 15 is 0 Å². The highest BCUT2D eigenvalue weighted by Crippen LogP contribution is 2.76. The molecule has 4 fully saturated rings. The minimum Gasteiger partial charge on any atom is -0.481 e. The first-order valence-corrected chi connectivity index (χ1v) is 18.9. The van der Waals surface area contributed by atoms with Crippen molar-refractivity contribution in [2.75, 3.05) is 5.32 Å². The van der Waals surface area contributed by atoms with Crippen LogP contribution in [0.4, 0.5) is 10.5 Å². The average molecular weight is 726 g/mol. The molecule has 5 aliphatic rings. The number of carbonyl (C=O) groups is 4. The summed E-state index contributed by atoms with van der Waals surface area (Å²) in [6.45, 7) is 19.4. The number of amides is 2. The molecule has 1 aromatic heterocycles. The second-order valence-corrected chi connectivity index (χ2v) is 18.8. The predicted molar refractivity (Wildman–Crippen MR) is 199 cm³/mol. The molecule has 6 rings (SSSR count). The Labute approximate surface area is 310 Å². The van der Waals surface area contributed by atoms with Crippen molar-refractivity contribution in [2.45, 2.75) is 138 Å². The van der Waals surface area contributed by atoms with Crippen LogP contribution in [-0.2, 0) is 19.1 Å². The molecule has 1 heterocycles. The molecule has 5 aliphatic carbocycles. The van der Waals surface area contributed by atoms with E-state index in [4.69, 9.17) is 4.74 Å². The molecule has 10 heteroatoms. The van der Waals surface area contributed by atoms with Gasteiger partial charge in [-0.05, 0) is 128 Å². The summed E-state index contributed by atoms with van der Waals surface area (Å²) >= 11 is 0. The van der Waals surface area contributed by atoms with Crippen LogP contribution in [0.3, 0.4) is 0 Å². The second kappa shape index (κ2) is 13.2. The first kappa shape index (κ1) is 39.3. The molecule has 0 aliphatic heterocycles. The lowest BCUT2D eigenvalue weighted by Gasteiger charge is -2.72. The van der Waals surface area contributed by atoms with Gasteiger partial charge in [0.15, 0.2) is 5.78 Å². The second-order valence-electron chi connectivity index (χ2n) is 18.8. The van der Waals surface area contributed by atoms with E-state index < -0.39 is 22.9 Å². The lowest BCUT2D eigenvalue weighted by atomic mass is 9.33. The van der Waals surface area contributed by atoms with Gasteiger partial charge in [0.2, 0.25) is 0 Å². The Bertz CT molecular complexity index is 1610. The molecular weight excluding hydrogens is 666 g/mol. The van der Waals surface area contributed by atoms with E-state index in [2.05, 4.69) is 64.1 Å². The number of ketones is 1. The maximum absolute atomic E-state index is 13.9. The number of halogens is 1. The Morgan fingerprint density at radius 2 is 1.69 bits per heavy atom. The highest BCUT2D eigenvalue weighted by atomic mass is 35.5. The quantitative estimate of drug-likeness (QED) is 0.239. The van der Waals surface area contributed by atoms with Gasteiger partial charge in [-0.15, -0.1) is 12.4 Å². The molecule has 0 bridgehead atoms. The summed E-state index contributed by atoms with van der Waals surface area (Å²) in [5, 5.41) is 15.9. The Morgan fingerprint density at radius 3 is 2.31 bits per heavy atom. The van der Waals surface area contributed by atoms with Crippen LogP contribution in [0.2, 0.25) is 0 Å². The highest BCUT2D eigenvalue weighted by Gasteiger charge is 2.70. The molecule has 4 saturated carbocycles. The zero-order valence-electron chi connectivity index (χ0n) is 32.1. The van der Waals surface area contributed by atoms with Crippen LogP contribution >= 0.6 is 12.4 Å². The summed E-state index contributed by atoms with van der Waals surface area (Å²) in [5.41, 5.74) is 0.655. The third-order valence-electron chi connectivity index (χ3n) is 15.1. The van der Waals surface area contributed by atoms with E-state index in [9.17, 15) is 24.3 Å². The molecule has 282 valence electrons. The van der Waals surface area contributed by atoms with Gasteiger partial charge in [0.05, 0.1) is 29.3 Å². The molecule has 0 radical (unpaired) electrons. The number of anilines is 1. The van der Waals surface area contributed by atoms with Crippen LogP contribution in [0.1, 0.15) is 127 Å². The third kappa shape index (κ3) is 6.11. The van der Waals surface area contributed by atoms with E-state index in [-0.39, 0.29) is 70.2 Å². The molecule has 1 aromatic rings. The van der Waals surface area contributed by atoms with Gasteiger partial charge in [0.25, 0.3) is 0 Å². The van der Waals surface area contributed by atoms with Crippen LogP contribution in [-0.4, -0.2) is 45.5 Å². The number of nitrogens with zero attached hydrogens (tertiary/aromatic N) is 1. The summed E-state index contributed by atoms with van der Waals surface area (Å²) in [4.78, 5) is 56.3. The van der Waals surface area contributed by atoms with Gasteiger partial charge in [-0.2, -0.15) is 0 Å². The molecule has 0 unspecified atom stereocenters. The van der Waals surface area contributed by atoms with Crippen LogP contribution in [0.25, 0.3) is 0 Å². The van der Waals surface area contributed by atoms with E-state index in [1.165, 1.54) is 5.57 Å². The zero-order valence-corrected chi connectivity index (χ0v) is 32.9. The van der Waals surface area contributed by atoms with Gasteiger partial charge >= 0.3 is 18.0 Å². The van der Waals surface area contributed by atoms with Crippen molar-refractivity contribution in [3.8, 4) is 0 Å². The normalized spacial score (nSPS) is 36.9. The number of hydrogen-bond acceptors (Lipinski definition) is 6. The number of urea groups is 1. The van der Waals surface area contributed by atoms with Crippen LogP contribution in [0.15, 0.2) is 35.7 Å². The summed E-state index contributed by atoms with van der Waals surface area (Å²) in [7, 11) is 0. The molecule has 8 atom stereocenters. The minimum atomic E-state index is -1.17.